The number of halogens is 2. The number of anilines is 2. The largest absolute Gasteiger partial charge is 0.506 e. The van der Waals surface area contributed by atoms with Crippen LogP contribution in [0.25, 0.3) is 0 Å². The standard InChI is InChI=1S/C35H36ClFN4O3S.2CH2O/c1-6-35(3,4)18-26-21(2)32(24-16-15-23(17-25(24)37)44-20-22-11-8-7-9-12-22)41(27-13-10-14-28(42)30(27)39-26)34(43)31-33(45-5)38-19-29(36)40-31;2*1-2/h7-17,19,32,39,42H,6,18,20H2,1-5H3;2*1H2. The van der Waals surface area contributed by atoms with E-state index in [0.29, 0.717) is 28.6 Å². The molecule has 5 rings (SSSR count). The van der Waals surface area contributed by atoms with Gasteiger partial charge in [-0.15, -0.1) is 11.8 Å². The molecule has 1 aliphatic rings. The molecule has 258 valence electrons. The van der Waals surface area contributed by atoms with Crippen LogP contribution in [-0.4, -0.2) is 40.8 Å². The molecule has 1 unspecified atom stereocenters. The van der Waals surface area contributed by atoms with Crippen molar-refractivity contribution in [2.75, 3.05) is 16.5 Å². The maximum absolute atomic E-state index is 16.3. The van der Waals surface area contributed by atoms with Crippen LogP contribution >= 0.6 is 23.4 Å². The Kier molecular flexibility index (Phi) is 13.9. The minimum absolute atomic E-state index is 0.0302. The zero-order valence-electron chi connectivity index (χ0n) is 28.1. The van der Waals surface area contributed by atoms with Crippen molar-refractivity contribution < 1.29 is 28.6 Å². The van der Waals surface area contributed by atoms with Crippen LogP contribution in [0.3, 0.4) is 0 Å². The number of hydrogen-bond acceptors (Lipinski definition) is 9. The molecule has 0 radical (unpaired) electrons. The van der Waals surface area contributed by atoms with Crippen molar-refractivity contribution >= 4 is 54.2 Å². The van der Waals surface area contributed by atoms with Crippen LogP contribution in [0.5, 0.6) is 11.5 Å². The van der Waals surface area contributed by atoms with Gasteiger partial charge in [0.15, 0.2) is 5.69 Å². The molecule has 9 nitrogen and oxygen atoms in total. The van der Waals surface area contributed by atoms with E-state index in [-0.39, 0.29) is 34.2 Å². The summed E-state index contributed by atoms with van der Waals surface area (Å²) < 4.78 is 22.3. The number of amides is 1. The smallest absolute Gasteiger partial charge is 0.280 e. The van der Waals surface area contributed by atoms with Crippen molar-refractivity contribution in [1.82, 2.24) is 9.97 Å². The van der Waals surface area contributed by atoms with Gasteiger partial charge in [-0.1, -0.05) is 75.2 Å². The molecular weight excluding hydrogens is 667 g/mol. The van der Waals surface area contributed by atoms with Crippen LogP contribution in [0.15, 0.2) is 89.2 Å². The van der Waals surface area contributed by atoms with Crippen molar-refractivity contribution in [3.05, 3.63) is 112 Å². The van der Waals surface area contributed by atoms with Crippen molar-refractivity contribution in [1.29, 1.82) is 0 Å². The number of hydrogen-bond donors (Lipinski definition) is 2. The lowest BCUT2D eigenvalue weighted by atomic mass is 9.83. The average Bonchev–Trinajstić information content (AvgIpc) is 3.23. The second-order valence-corrected chi connectivity index (χ2v) is 12.9. The highest BCUT2D eigenvalue weighted by molar-refractivity contribution is 7.98. The summed E-state index contributed by atoms with van der Waals surface area (Å²) in [5, 5.41) is 15.0. The minimum Gasteiger partial charge on any atom is -0.506 e. The third-order valence-corrected chi connectivity index (χ3v) is 9.02. The van der Waals surface area contributed by atoms with Gasteiger partial charge >= 0.3 is 0 Å². The Morgan fingerprint density at radius 2 is 1.80 bits per heavy atom. The van der Waals surface area contributed by atoms with Gasteiger partial charge in [0.1, 0.15) is 53.4 Å². The summed E-state index contributed by atoms with van der Waals surface area (Å²) in [5.74, 6) is -0.755. The normalized spacial score (nSPS) is 13.9. The van der Waals surface area contributed by atoms with Crippen LogP contribution < -0.4 is 15.0 Å². The molecule has 0 fully saturated rings. The highest BCUT2D eigenvalue weighted by atomic mass is 35.5. The maximum atomic E-state index is 16.3. The van der Waals surface area contributed by atoms with E-state index in [1.807, 2.05) is 50.8 Å². The molecule has 4 aromatic rings. The fraction of sp³-hybridized carbons (Fsp3) is 0.270. The number of carbonyl (C=O) groups is 3. The van der Waals surface area contributed by atoms with Crippen LogP contribution in [0.2, 0.25) is 5.15 Å². The molecule has 2 N–H and O–H groups in total. The number of ether oxygens (including phenoxy) is 1. The molecule has 12 heteroatoms. The van der Waals surface area contributed by atoms with E-state index in [4.69, 9.17) is 25.9 Å². The van der Waals surface area contributed by atoms with Crippen LogP contribution in [0.1, 0.15) is 68.2 Å². The summed E-state index contributed by atoms with van der Waals surface area (Å²) in [6.45, 7) is 12.6. The lowest BCUT2D eigenvalue weighted by molar-refractivity contribution is -0.0987. The van der Waals surface area contributed by atoms with E-state index in [0.717, 1.165) is 23.3 Å². The summed E-state index contributed by atoms with van der Waals surface area (Å²) in [5.41, 5.74) is 3.34. The van der Waals surface area contributed by atoms with Gasteiger partial charge in [-0.3, -0.25) is 9.69 Å². The molecule has 0 saturated carbocycles. The fourth-order valence-corrected chi connectivity index (χ4v) is 5.93. The highest BCUT2D eigenvalue weighted by Crippen LogP contribution is 2.48. The Morgan fingerprint density at radius 1 is 1.10 bits per heavy atom. The number of aromatic hydroxyl groups is 1. The molecule has 3 aromatic carbocycles. The van der Waals surface area contributed by atoms with Crippen molar-refractivity contribution in [2.45, 2.75) is 58.2 Å². The van der Waals surface area contributed by atoms with Crippen molar-refractivity contribution in [3.8, 4) is 11.5 Å². The summed E-state index contributed by atoms with van der Waals surface area (Å²) in [7, 11) is 0. The number of nitrogens with zero attached hydrogens (tertiary/aromatic N) is 3. The van der Waals surface area contributed by atoms with Crippen LogP contribution in [0, 0.1) is 11.2 Å². The minimum atomic E-state index is -0.908. The number of thioether (sulfide) groups is 1. The Bertz CT molecular complexity index is 1790. The molecular formula is C37H40ClFN4O5S. The maximum Gasteiger partial charge on any atom is 0.280 e. The van der Waals surface area contributed by atoms with E-state index < -0.39 is 17.8 Å². The average molecular weight is 707 g/mol. The third-order valence-electron chi connectivity index (χ3n) is 8.15. The molecule has 1 aliphatic heterocycles. The predicted molar refractivity (Wildman–Crippen MR) is 193 cm³/mol. The zero-order chi connectivity index (χ0) is 36.3. The van der Waals surface area contributed by atoms with E-state index in [9.17, 15) is 9.90 Å². The summed E-state index contributed by atoms with van der Waals surface area (Å²) in [6, 6.07) is 18.4. The second kappa shape index (κ2) is 17.6. The fourth-order valence-electron chi connectivity index (χ4n) is 5.31. The molecule has 2 heterocycles. The van der Waals surface area contributed by atoms with Crippen molar-refractivity contribution in [2.24, 2.45) is 5.41 Å². The summed E-state index contributed by atoms with van der Waals surface area (Å²) in [4.78, 5) is 40.8. The second-order valence-electron chi connectivity index (χ2n) is 11.7. The van der Waals surface area contributed by atoms with Gasteiger partial charge in [0.05, 0.1) is 17.9 Å². The number of carbonyl (C=O) groups excluding carboxylic acids is 3. The molecule has 49 heavy (non-hydrogen) atoms. The lowest BCUT2D eigenvalue weighted by Gasteiger charge is -2.33. The summed E-state index contributed by atoms with van der Waals surface area (Å²) >= 11 is 7.49. The molecule has 1 atom stereocenters. The van der Waals surface area contributed by atoms with Crippen LogP contribution in [0.4, 0.5) is 15.8 Å². The molecule has 1 aromatic heterocycles. The van der Waals surface area contributed by atoms with E-state index >= 15 is 4.39 Å². The first-order chi connectivity index (χ1) is 23.5. The number of nitrogens with one attached hydrogen (secondary N) is 1. The SMILES string of the molecule is C=O.C=O.CCC(C)(C)CC1=C(C)C(c2ccc(OCc3ccccc3)cc2F)N(C(=O)c2nc(Cl)cnc2SC)c2cccc(O)c2N1. The molecule has 1 amide bonds. The van der Waals surface area contributed by atoms with Gasteiger partial charge in [0.25, 0.3) is 5.91 Å². The quantitative estimate of drug-likeness (QED) is 0.130. The Morgan fingerprint density at radius 3 is 2.43 bits per heavy atom. The Labute approximate surface area is 295 Å². The molecule has 0 saturated heterocycles. The van der Waals surface area contributed by atoms with E-state index in [1.165, 1.54) is 28.9 Å². The van der Waals surface area contributed by atoms with Gasteiger partial charge < -0.3 is 24.7 Å². The van der Waals surface area contributed by atoms with E-state index in [2.05, 4.69) is 36.1 Å². The van der Waals surface area contributed by atoms with Gasteiger partial charge in [-0.25, -0.2) is 14.4 Å². The number of aromatic nitrogens is 2. The predicted octanol–water partition coefficient (Wildman–Crippen LogP) is 8.82. The van der Waals surface area contributed by atoms with Gasteiger partial charge in [-0.2, -0.15) is 0 Å². The number of rotatable bonds is 9. The monoisotopic (exact) mass is 706 g/mol. The molecule has 0 bridgehead atoms. The van der Waals surface area contributed by atoms with Crippen LogP contribution in [-0.2, 0) is 16.2 Å². The lowest BCUT2D eigenvalue weighted by Crippen LogP contribution is -2.37. The first kappa shape index (κ1) is 38.7. The molecule has 0 spiro atoms. The Balaban J connectivity index is 0.00000157. The van der Waals surface area contributed by atoms with Gasteiger partial charge in [-0.05, 0) is 60.4 Å². The summed E-state index contributed by atoms with van der Waals surface area (Å²) in [6.07, 6.45) is 4.65. The van der Waals surface area contributed by atoms with Gasteiger partial charge in [0, 0.05) is 17.3 Å². The van der Waals surface area contributed by atoms with Crippen molar-refractivity contribution in [3.63, 3.8) is 0 Å². The first-order valence-electron chi connectivity index (χ1n) is 15.3. The third kappa shape index (κ3) is 9.04. The number of phenols is 1. The number of benzene rings is 3. The number of phenolic OH excluding ortho intramolecular Hbond substituents is 1. The van der Waals surface area contributed by atoms with E-state index in [1.54, 1.807) is 36.6 Å². The number of fused-ring (bicyclic) bond motifs is 1. The zero-order valence-corrected chi connectivity index (χ0v) is 29.7. The highest BCUT2D eigenvalue weighted by Gasteiger charge is 2.39. The first-order valence-corrected chi connectivity index (χ1v) is 16.9. The van der Waals surface area contributed by atoms with Gasteiger partial charge in [0.2, 0.25) is 0 Å². The topological polar surface area (TPSA) is 122 Å². The Hall–Kier alpha value is -4.74. The molecule has 0 aliphatic carbocycles. The number of allylic oxidation sites excluding steroid dienone is 1. The number of para-hydroxylation sites is 1.